The predicted octanol–water partition coefficient (Wildman–Crippen LogP) is 4.19. The average Bonchev–Trinajstić information content (AvgIpc) is 2.78. The van der Waals surface area contributed by atoms with Gasteiger partial charge in [-0.15, -0.1) is 0 Å². The lowest BCUT2D eigenvalue weighted by Crippen LogP contribution is -2.23. The van der Waals surface area contributed by atoms with E-state index in [1.165, 1.54) is 34.5 Å². The van der Waals surface area contributed by atoms with Crippen LogP contribution in [0.2, 0.25) is 0 Å². The molecule has 158 valence electrons. The number of hydrogen-bond donors (Lipinski definition) is 1. The average molecular weight is 443 g/mol. The molecular formula is C24H17N3O4S. The van der Waals surface area contributed by atoms with Gasteiger partial charge < -0.3 is 9.52 Å². The first kappa shape index (κ1) is 20.0. The first-order chi connectivity index (χ1) is 15.5. The van der Waals surface area contributed by atoms with Crippen LogP contribution in [0.4, 0.5) is 0 Å². The molecule has 2 aromatic carbocycles. The molecule has 3 aromatic heterocycles. The van der Waals surface area contributed by atoms with Crippen LogP contribution in [0, 0.1) is 6.92 Å². The van der Waals surface area contributed by atoms with Crippen LogP contribution in [0.1, 0.15) is 11.1 Å². The molecular weight excluding hydrogens is 426 g/mol. The molecule has 0 saturated heterocycles. The second-order valence-corrected chi connectivity index (χ2v) is 8.20. The molecule has 3 heterocycles. The number of hydrogen-bond acceptors (Lipinski definition) is 7. The van der Waals surface area contributed by atoms with Gasteiger partial charge in [-0.3, -0.25) is 4.79 Å². The number of phenols is 1. The number of thioether (sulfide) groups is 1. The molecule has 8 heteroatoms. The maximum atomic E-state index is 13.4. The van der Waals surface area contributed by atoms with E-state index < -0.39 is 5.63 Å². The molecule has 0 aliphatic rings. The molecule has 7 nitrogen and oxygen atoms in total. The summed E-state index contributed by atoms with van der Waals surface area (Å²) in [5, 5.41) is 11.4. The molecule has 32 heavy (non-hydrogen) atoms. The van der Waals surface area contributed by atoms with Gasteiger partial charge in [-0.1, -0.05) is 30.0 Å². The number of aryl methyl sites for hydroxylation is 1. The van der Waals surface area contributed by atoms with E-state index >= 15 is 0 Å². The highest BCUT2D eigenvalue weighted by atomic mass is 32.2. The standard InChI is InChI=1S/C24H17N3O4S/c1-14-5-4-10-25-22(14)27-23(30)18-6-2-3-7-19(18)26-24(27)32-13-15-11-21(29)31-20-12-16(28)8-9-17(15)20/h2-12,28H,13H2,1H3. The van der Waals surface area contributed by atoms with Gasteiger partial charge in [-0.25, -0.2) is 19.3 Å². The second kappa shape index (κ2) is 7.97. The van der Waals surface area contributed by atoms with Gasteiger partial charge in [0.25, 0.3) is 5.56 Å². The van der Waals surface area contributed by atoms with Crippen LogP contribution in [0.5, 0.6) is 5.75 Å². The van der Waals surface area contributed by atoms with Crippen molar-refractivity contribution in [1.29, 1.82) is 0 Å². The lowest BCUT2D eigenvalue weighted by atomic mass is 10.1. The summed E-state index contributed by atoms with van der Waals surface area (Å²) in [7, 11) is 0. The van der Waals surface area contributed by atoms with Crippen LogP contribution < -0.4 is 11.2 Å². The smallest absolute Gasteiger partial charge is 0.336 e. The maximum absolute atomic E-state index is 13.4. The molecule has 0 bridgehead atoms. The van der Waals surface area contributed by atoms with Gasteiger partial charge in [0.05, 0.1) is 10.9 Å². The minimum absolute atomic E-state index is 0.0149. The molecule has 0 spiro atoms. The molecule has 0 saturated carbocycles. The Labute approximate surface area is 186 Å². The fourth-order valence-electron chi connectivity index (χ4n) is 3.59. The van der Waals surface area contributed by atoms with Gasteiger partial charge in [-0.2, -0.15) is 0 Å². The van der Waals surface area contributed by atoms with Gasteiger partial charge in [0.1, 0.15) is 17.2 Å². The summed E-state index contributed by atoms with van der Waals surface area (Å²) in [6.45, 7) is 1.89. The number of nitrogens with zero attached hydrogens (tertiary/aromatic N) is 3. The summed E-state index contributed by atoms with van der Waals surface area (Å²) < 4.78 is 6.73. The Morgan fingerprint density at radius 3 is 2.72 bits per heavy atom. The van der Waals surface area contributed by atoms with Crippen LogP contribution in [0.25, 0.3) is 27.7 Å². The molecule has 0 amide bonds. The normalized spacial score (nSPS) is 11.3. The zero-order valence-electron chi connectivity index (χ0n) is 17.0. The van der Waals surface area contributed by atoms with Gasteiger partial charge in [0, 0.05) is 29.5 Å². The first-order valence-corrected chi connectivity index (χ1v) is 10.8. The molecule has 0 fully saturated rings. The zero-order chi connectivity index (χ0) is 22.2. The van der Waals surface area contributed by atoms with Crippen molar-refractivity contribution < 1.29 is 9.52 Å². The number of phenolic OH excluding ortho intramolecular Hbond substituents is 1. The van der Waals surface area contributed by atoms with Crippen LogP contribution in [-0.2, 0) is 5.75 Å². The Balaban J connectivity index is 1.66. The summed E-state index contributed by atoms with van der Waals surface area (Å²) in [5.74, 6) is 0.894. The number of fused-ring (bicyclic) bond motifs is 2. The molecule has 0 radical (unpaired) electrons. The molecule has 0 aliphatic carbocycles. The van der Waals surface area contributed by atoms with E-state index in [1.807, 2.05) is 25.1 Å². The third-order valence-electron chi connectivity index (χ3n) is 5.11. The summed E-state index contributed by atoms with van der Waals surface area (Å²) in [4.78, 5) is 34.6. The lowest BCUT2D eigenvalue weighted by Gasteiger charge is -2.14. The summed E-state index contributed by atoms with van der Waals surface area (Å²) >= 11 is 1.33. The van der Waals surface area contributed by atoms with Crippen molar-refractivity contribution in [2.75, 3.05) is 0 Å². The topological polar surface area (TPSA) is 98.2 Å². The third kappa shape index (κ3) is 3.54. The molecule has 0 atom stereocenters. The van der Waals surface area contributed by atoms with Crippen molar-refractivity contribution in [2.45, 2.75) is 17.8 Å². The fourth-order valence-corrected chi connectivity index (χ4v) is 4.57. The van der Waals surface area contributed by atoms with Crippen molar-refractivity contribution in [3.63, 3.8) is 0 Å². The number of para-hydroxylation sites is 1. The molecule has 0 unspecified atom stereocenters. The fraction of sp³-hybridized carbons (Fsp3) is 0.0833. The van der Waals surface area contributed by atoms with Crippen molar-refractivity contribution in [1.82, 2.24) is 14.5 Å². The summed E-state index contributed by atoms with van der Waals surface area (Å²) in [6.07, 6.45) is 1.64. The first-order valence-electron chi connectivity index (χ1n) is 9.83. The Morgan fingerprint density at radius 1 is 1.03 bits per heavy atom. The van der Waals surface area contributed by atoms with Crippen molar-refractivity contribution in [3.8, 4) is 11.6 Å². The van der Waals surface area contributed by atoms with E-state index in [4.69, 9.17) is 9.40 Å². The van der Waals surface area contributed by atoms with Crippen LogP contribution in [0.15, 0.2) is 86.0 Å². The van der Waals surface area contributed by atoms with Crippen LogP contribution in [0.3, 0.4) is 0 Å². The van der Waals surface area contributed by atoms with E-state index in [0.717, 1.165) is 5.56 Å². The highest BCUT2D eigenvalue weighted by molar-refractivity contribution is 7.98. The third-order valence-corrected chi connectivity index (χ3v) is 6.10. The minimum Gasteiger partial charge on any atom is -0.508 e. The van der Waals surface area contributed by atoms with E-state index in [1.54, 1.807) is 30.5 Å². The lowest BCUT2D eigenvalue weighted by molar-refractivity contribution is 0.473. The van der Waals surface area contributed by atoms with Gasteiger partial charge in [0.15, 0.2) is 5.16 Å². The Hall–Kier alpha value is -3.91. The van der Waals surface area contributed by atoms with Crippen molar-refractivity contribution >= 4 is 33.6 Å². The SMILES string of the molecule is Cc1cccnc1-n1c(SCc2cc(=O)oc3cc(O)ccc23)nc2ccccc2c1=O. The van der Waals surface area contributed by atoms with E-state index in [2.05, 4.69) is 4.98 Å². The Kier molecular flexibility index (Phi) is 4.99. The molecule has 5 aromatic rings. The minimum atomic E-state index is -0.511. The monoisotopic (exact) mass is 443 g/mol. The Morgan fingerprint density at radius 2 is 1.88 bits per heavy atom. The number of pyridine rings is 1. The number of aromatic nitrogens is 3. The summed E-state index contributed by atoms with van der Waals surface area (Å²) in [6, 6.07) is 17.0. The molecule has 0 aliphatic heterocycles. The highest BCUT2D eigenvalue weighted by Gasteiger charge is 2.17. The summed E-state index contributed by atoms with van der Waals surface area (Å²) in [5.41, 5.74) is 1.73. The van der Waals surface area contributed by atoms with Crippen molar-refractivity contribution in [3.05, 3.63) is 98.8 Å². The van der Waals surface area contributed by atoms with E-state index in [-0.39, 0.29) is 11.3 Å². The van der Waals surface area contributed by atoms with Gasteiger partial charge in [0.2, 0.25) is 0 Å². The van der Waals surface area contributed by atoms with E-state index in [0.29, 0.717) is 44.2 Å². The van der Waals surface area contributed by atoms with Crippen LogP contribution >= 0.6 is 11.8 Å². The number of rotatable bonds is 4. The maximum Gasteiger partial charge on any atom is 0.336 e. The highest BCUT2D eigenvalue weighted by Crippen LogP contribution is 2.29. The second-order valence-electron chi connectivity index (χ2n) is 7.26. The molecule has 5 rings (SSSR count). The van der Waals surface area contributed by atoms with E-state index in [9.17, 15) is 14.7 Å². The van der Waals surface area contributed by atoms with Crippen molar-refractivity contribution in [2.24, 2.45) is 0 Å². The largest absolute Gasteiger partial charge is 0.508 e. The predicted molar refractivity (Wildman–Crippen MR) is 124 cm³/mol. The molecule has 1 N–H and O–H groups in total. The quantitative estimate of drug-likeness (QED) is 0.253. The van der Waals surface area contributed by atoms with Crippen LogP contribution in [-0.4, -0.2) is 19.6 Å². The zero-order valence-corrected chi connectivity index (χ0v) is 17.8. The number of aromatic hydroxyl groups is 1. The Bertz CT molecular complexity index is 1610. The van der Waals surface area contributed by atoms with Gasteiger partial charge in [-0.05, 0) is 48.4 Å². The van der Waals surface area contributed by atoms with Gasteiger partial charge >= 0.3 is 5.63 Å². The number of benzene rings is 2.